The largest absolute Gasteiger partial charge is 0.363 e. The minimum Gasteiger partial charge on any atom is -0.363 e. The third-order valence-corrected chi connectivity index (χ3v) is 5.59. The molecule has 1 N–H and O–H groups in total. The summed E-state index contributed by atoms with van der Waals surface area (Å²) in [7, 11) is 0. The predicted molar refractivity (Wildman–Crippen MR) is 135 cm³/mol. The number of piperidine rings is 1. The minimum absolute atomic E-state index is 0.609. The summed E-state index contributed by atoms with van der Waals surface area (Å²) in [4.78, 5) is 2.61. The van der Waals surface area contributed by atoms with E-state index < -0.39 is 0 Å². The van der Waals surface area contributed by atoms with Gasteiger partial charge in [0.1, 0.15) is 0 Å². The minimum atomic E-state index is 0.609. The quantitative estimate of drug-likeness (QED) is 0.284. The Bertz CT molecular complexity index is 705. The fourth-order valence-corrected chi connectivity index (χ4v) is 3.91. The SMILES string of the molecule is C=CC(=C)C(=C\C(=C/C)C/C=C\C)/C=C(\C)N/C(=C\C)C1CCN(CC(C)C)CC1. The van der Waals surface area contributed by atoms with E-state index >= 15 is 0 Å². The molecule has 0 saturated carbocycles. The zero-order valence-corrected chi connectivity index (χ0v) is 20.3. The molecule has 0 aromatic heterocycles. The highest BCUT2D eigenvalue weighted by Crippen LogP contribution is 2.25. The first-order valence-corrected chi connectivity index (χ1v) is 11.5. The maximum Gasteiger partial charge on any atom is 0.0137 e. The summed E-state index contributed by atoms with van der Waals surface area (Å²) >= 11 is 0. The number of hydrogen-bond acceptors (Lipinski definition) is 2. The standard InChI is InChI=1S/C28H44N2/c1-9-13-14-25(11-3)20-27(23(7)10-2)19-24(8)29-28(12-4)26-15-17-30(18-16-26)21-22(5)6/h9-13,19-20,22,26,29H,2,7,14-18,21H2,1,3-6,8H3/b13-9-,24-19+,25-11-,27-20-,28-12-. The molecule has 0 atom stereocenters. The molecule has 2 heteroatoms. The molecule has 2 nitrogen and oxygen atoms in total. The Balaban J connectivity index is 2.90. The molecule has 0 aromatic rings. The van der Waals surface area contributed by atoms with Gasteiger partial charge >= 0.3 is 0 Å². The lowest BCUT2D eigenvalue weighted by molar-refractivity contribution is 0.178. The molecule has 0 radical (unpaired) electrons. The zero-order valence-electron chi connectivity index (χ0n) is 20.3. The molecule has 1 aliphatic rings. The van der Waals surface area contributed by atoms with Crippen molar-refractivity contribution in [3.8, 4) is 0 Å². The van der Waals surface area contributed by atoms with Crippen LogP contribution < -0.4 is 5.32 Å². The summed E-state index contributed by atoms with van der Waals surface area (Å²) in [6, 6.07) is 0. The van der Waals surface area contributed by atoms with Crippen LogP contribution in [0.2, 0.25) is 0 Å². The first kappa shape index (κ1) is 26.0. The molecule has 0 bridgehead atoms. The Kier molecular flexibility index (Phi) is 12.2. The number of rotatable bonds is 11. The number of hydrogen-bond donors (Lipinski definition) is 1. The van der Waals surface area contributed by atoms with E-state index in [1.54, 1.807) is 0 Å². The van der Waals surface area contributed by atoms with Crippen molar-refractivity contribution in [2.24, 2.45) is 11.8 Å². The highest BCUT2D eigenvalue weighted by atomic mass is 15.1. The Labute approximate surface area is 186 Å². The summed E-state index contributed by atoms with van der Waals surface area (Å²) < 4.78 is 0. The van der Waals surface area contributed by atoms with Crippen molar-refractivity contribution >= 4 is 0 Å². The predicted octanol–water partition coefficient (Wildman–Crippen LogP) is 7.33. The first-order chi connectivity index (χ1) is 14.3. The van der Waals surface area contributed by atoms with Crippen molar-refractivity contribution in [2.45, 2.75) is 60.8 Å². The van der Waals surface area contributed by atoms with Crippen LogP contribution in [-0.4, -0.2) is 24.5 Å². The molecule has 1 heterocycles. The molecule has 1 aliphatic heterocycles. The molecule has 1 fully saturated rings. The maximum absolute atomic E-state index is 4.19. The summed E-state index contributed by atoms with van der Waals surface area (Å²) in [6.07, 6.45) is 18.3. The van der Waals surface area contributed by atoms with Crippen LogP contribution in [0.1, 0.15) is 60.8 Å². The van der Waals surface area contributed by atoms with Gasteiger partial charge in [0, 0.05) is 23.9 Å². The van der Waals surface area contributed by atoms with Crippen LogP contribution in [0.3, 0.4) is 0 Å². The van der Waals surface area contributed by atoms with E-state index in [-0.39, 0.29) is 0 Å². The number of nitrogens with one attached hydrogen (secondary N) is 1. The van der Waals surface area contributed by atoms with Gasteiger partial charge in [-0.2, -0.15) is 0 Å². The lowest BCUT2D eigenvalue weighted by atomic mass is 9.92. The van der Waals surface area contributed by atoms with E-state index in [1.165, 1.54) is 43.7 Å². The van der Waals surface area contributed by atoms with E-state index in [9.17, 15) is 0 Å². The van der Waals surface area contributed by atoms with E-state index in [4.69, 9.17) is 0 Å². The molecular weight excluding hydrogens is 364 g/mol. The Morgan fingerprint density at radius 3 is 2.27 bits per heavy atom. The average Bonchev–Trinajstić information content (AvgIpc) is 2.73. The average molecular weight is 409 g/mol. The number of nitrogens with zero attached hydrogens (tertiary/aromatic N) is 1. The van der Waals surface area contributed by atoms with Gasteiger partial charge in [0.15, 0.2) is 0 Å². The van der Waals surface area contributed by atoms with Gasteiger partial charge in [-0.3, -0.25) is 0 Å². The highest BCUT2D eigenvalue weighted by molar-refractivity contribution is 5.49. The second-order valence-electron chi connectivity index (χ2n) is 8.63. The van der Waals surface area contributed by atoms with Crippen molar-refractivity contribution in [3.05, 3.63) is 83.8 Å². The van der Waals surface area contributed by atoms with Crippen molar-refractivity contribution in [1.29, 1.82) is 0 Å². The Morgan fingerprint density at radius 1 is 1.10 bits per heavy atom. The normalized spacial score (nSPS) is 18.4. The summed E-state index contributed by atoms with van der Waals surface area (Å²) in [5.41, 5.74) is 5.81. The third kappa shape index (κ3) is 9.17. The number of likely N-dealkylation sites (tertiary alicyclic amines) is 1. The van der Waals surface area contributed by atoms with Crippen LogP contribution in [-0.2, 0) is 0 Å². The van der Waals surface area contributed by atoms with Crippen LogP contribution in [0.5, 0.6) is 0 Å². The second-order valence-corrected chi connectivity index (χ2v) is 8.63. The van der Waals surface area contributed by atoms with E-state index in [0.29, 0.717) is 5.92 Å². The van der Waals surface area contributed by atoms with Crippen LogP contribution in [0.15, 0.2) is 83.8 Å². The van der Waals surface area contributed by atoms with E-state index in [0.717, 1.165) is 29.2 Å². The van der Waals surface area contributed by atoms with Gasteiger partial charge in [-0.1, -0.05) is 63.5 Å². The Hall–Kier alpha value is -2.06. The summed E-state index contributed by atoms with van der Waals surface area (Å²) in [5, 5.41) is 3.69. The van der Waals surface area contributed by atoms with Gasteiger partial charge in [-0.05, 0) is 88.8 Å². The van der Waals surface area contributed by atoms with Crippen molar-refractivity contribution in [3.63, 3.8) is 0 Å². The molecule has 1 saturated heterocycles. The van der Waals surface area contributed by atoms with Gasteiger partial charge in [0.25, 0.3) is 0 Å². The first-order valence-electron chi connectivity index (χ1n) is 11.5. The van der Waals surface area contributed by atoms with E-state index in [2.05, 4.69) is 101 Å². The topological polar surface area (TPSA) is 15.3 Å². The Morgan fingerprint density at radius 2 is 1.77 bits per heavy atom. The highest BCUT2D eigenvalue weighted by Gasteiger charge is 2.22. The van der Waals surface area contributed by atoms with E-state index in [1.807, 2.05) is 6.08 Å². The van der Waals surface area contributed by atoms with Crippen LogP contribution in [0.25, 0.3) is 0 Å². The number of allylic oxidation sites excluding steroid dienone is 12. The third-order valence-electron chi connectivity index (χ3n) is 5.59. The van der Waals surface area contributed by atoms with Crippen LogP contribution in [0, 0.1) is 11.8 Å². The van der Waals surface area contributed by atoms with Crippen molar-refractivity contribution in [1.82, 2.24) is 10.2 Å². The van der Waals surface area contributed by atoms with Gasteiger partial charge in [-0.15, -0.1) is 0 Å². The monoisotopic (exact) mass is 408 g/mol. The van der Waals surface area contributed by atoms with Gasteiger partial charge in [0.05, 0.1) is 0 Å². The molecule has 0 amide bonds. The lowest BCUT2D eigenvalue weighted by Crippen LogP contribution is -2.38. The lowest BCUT2D eigenvalue weighted by Gasteiger charge is -2.34. The fourth-order valence-electron chi connectivity index (χ4n) is 3.91. The van der Waals surface area contributed by atoms with Gasteiger partial charge in [0.2, 0.25) is 0 Å². The maximum atomic E-state index is 4.19. The van der Waals surface area contributed by atoms with Crippen molar-refractivity contribution < 1.29 is 0 Å². The van der Waals surface area contributed by atoms with Crippen LogP contribution in [0.4, 0.5) is 0 Å². The molecule has 0 aliphatic carbocycles. The van der Waals surface area contributed by atoms with Gasteiger partial charge < -0.3 is 10.2 Å². The molecule has 166 valence electrons. The zero-order chi connectivity index (χ0) is 22.5. The second kappa shape index (κ2) is 14.0. The fraction of sp³-hybridized carbons (Fsp3) is 0.500. The molecule has 0 aromatic carbocycles. The molecule has 0 spiro atoms. The molecule has 1 rings (SSSR count). The van der Waals surface area contributed by atoms with Crippen LogP contribution >= 0.6 is 0 Å². The summed E-state index contributed by atoms with van der Waals surface area (Å²) in [5.74, 6) is 1.35. The molecule has 30 heavy (non-hydrogen) atoms. The summed E-state index contributed by atoms with van der Waals surface area (Å²) in [6.45, 7) is 24.7. The molecular formula is C28H44N2. The van der Waals surface area contributed by atoms with Gasteiger partial charge in [-0.25, -0.2) is 0 Å². The van der Waals surface area contributed by atoms with Crippen molar-refractivity contribution in [2.75, 3.05) is 19.6 Å². The molecule has 0 unspecified atom stereocenters. The smallest absolute Gasteiger partial charge is 0.0137 e.